The number of ether oxygens (including phenoxy) is 1. The second kappa shape index (κ2) is 7.59. The zero-order valence-corrected chi connectivity index (χ0v) is 20.1. The van der Waals surface area contributed by atoms with Crippen LogP contribution < -0.4 is 5.63 Å². The zero-order chi connectivity index (χ0) is 22.9. The predicted octanol–water partition coefficient (Wildman–Crippen LogP) is 5.03. The van der Waals surface area contributed by atoms with Crippen molar-refractivity contribution in [1.82, 2.24) is 0 Å². The van der Waals surface area contributed by atoms with Gasteiger partial charge >= 0.3 is 11.6 Å². The molecule has 5 nitrogen and oxygen atoms in total. The van der Waals surface area contributed by atoms with E-state index in [2.05, 4.69) is 13.8 Å². The molecule has 6 heteroatoms. The lowest BCUT2D eigenvalue weighted by atomic mass is 9.43. The molecule has 0 spiro atoms. The lowest BCUT2D eigenvalue weighted by Crippen LogP contribution is -2.64. The predicted molar refractivity (Wildman–Crippen MR) is 121 cm³/mol. The average molecular weight is 463 g/mol. The molecule has 0 bridgehead atoms. The van der Waals surface area contributed by atoms with Gasteiger partial charge in [0.25, 0.3) is 0 Å². The van der Waals surface area contributed by atoms with E-state index in [0.29, 0.717) is 18.3 Å². The Balaban J connectivity index is 1.45. The quantitative estimate of drug-likeness (QED) is 0.492. The third kappa shape index (κ3) is 3.06. The van der Waals surface area contributed by atoms with Gasteiger partial charge in [0, 0.05) is 18.4 Å². The normalized spacial score (nSPS) is 47.8. The molecular formula is C26H35ClO5. The Hall–Kier alpha value is -1.33. The summed E-state index contributed by atoms with van der Waals surface area (Å²) < 4.78 is 10.8. The second-order valence-corrected chi connectivity index (χ2v) is 12.0. The minimum atomic E-state index is -0.945. The van der Waals surface area contributed by atoms with Gasteiger partial charge in [-0.1, -0.05) is 13.8 Å². The average Bonchev–Trinajstić information content (AvgIpc) is 2.95. The van der Waals surface area contributed by atoms with Crippen LogP contribution in [-0.4, -0.2) is 28.2 Å². The first-order chi connectivity index (χ1) is 15.1. The van der Waals surface area contributed by atoms with Crippen molar-refractivity contribution in [2.45, 2.75) is 95.1 Å². The van der Waals surface area contributed by atoms with Gasteiger partial charge < -0.3 is 14.3 Å². The highest BCUT2D eigenvalue weighted by atomic mass is 35.5. The molecule has 4 aliphatic rings. The van der Waals surface area contributed by atoms with Crippen molar-refractivity contribution >= 4 is 17.6 Å². The van der Waals surface area contributed by atoms with Crippen LogP contribution in [0, 0.1) is 28.6 Å². The first-order valence-electron chi connectivity index (χ1n) is 12.2. The molecule has 0 unspecified atom stereocenters. The Morgan fingerprint density at radius 2 is 1.91 bits per heavy atom. The standard InChI is InChI=1S/C26H35ClO5/c1-15(28)32-18-8-10-24(2)17(12-18)5-6-20-19(24)9-11-25(3)21(13-22(27)26(20,25)30)16-4-7-23(29)31-14-16/h4,7,14,17-22,30H,5-6,8-13H2,1-3H3/t17-,18+,19+,20-,21-,22+,24+,25-,26-/m1/s1. The summed E-state index contributed by atoms with van der Waals surface area (Å²) in [7, 11) is 0. The number of aliphatic hydroxyl groups is 1. The SMILES string of the molecule is CC(=O)O[C@H]1CC[C@@]2(C)[C@H](CC[C@@H]3[C@@H]2CC[C@]2(C)[C@@H](c4ccc(=O)oc4)C[C@H](Cl)[C@]32O)C1. The van der Waals surface area contributed by atoms with E-state index in [0.717, 1.165) is 50.5 Å². The summed E-state index contributed by atoms with van der Waals surface area (Å²) >= 11 is 7.01. The molecule has 176 valence electrons. The lowest BCUT2D eigenvalue weighted by molar-refractivity contribution is -0.206. The van der Waals surface area contributed by atoms with Crippen LogP contribution in [0.2, 0.25) is 0 Å². The Bertz CT molecular complexity index is 939. The van der Waals surface area contributed by atoms with Crippen molar-refractivity contribution in [3.8, 4) is 0 Å². The second-order valence-electron chi connectivity index (χ2n) is 11.4. The molecule has 0 amide bonds. The van der Waals surface area contributed by atoms with E-state index in [1.807, 2.05) is 6.07 Å². The van der Waals surface area contributed by atoms with Crippen LogP contribution >= 0.6 is 11.6 Å². The number of rotatable bonds is 2. The van der Waals surface area contributed by atoms with Crippen LogP contribution in [0.1, 0.15) is 83.6 Å². The molecule has 1 heterocycles. The van der Waals surface area contributed by atoms with Gasteiger partial charge in [-0.15, -0.1) is 11.6 Å². The van der Waals surface area contributed by atoms with Gasteiger partial charge in [0.05, 0.1) is 17.2 Å². The highest BCUT2D eigenvalue weighted by Gasteiger charge is 2.70. The summed E-state index contributed by atoms with van der Waals surface area (Å²) in [5, 5.41) is 12.1. The number of hydrogen-bond acceptors (Lipinski definition) is 5. The van der Waals surface area contributed by atoms with Crippen LogP contribution in [0.25, 0.3) is 0 Å². The maximum absolute atomic E-state index is 12.4. The van der Waals surface area contributed by atoms with Gasteiger partial charge in [0.2, 0.25) is 0 Å². The summed E-state index contributed by atoms with van der Waals surface area (Å²) in [5.74, 6) is 0.991. The van der Waals surface area contributed by atoms with Crippen LogP contribution in [0.4, 0.5) is 0 Å². The largest absolute Gasteiger partial charge is 0.463 e. The number of fused-ring (bicyclic) bond motifs is 5. The summed E-state index contributed by atoms with van der Waals surface area (Å²) in [5.41, 5.74) is -0.537. The molecule has 5 rings (SSSR count). The molecule has 0 aromatic carbocycles. The number of alkyl halides is 1. The number of halogens is 1. The lowest BCUT2D eigenvalue weighted by Gasteiger charge is -2.64. The molecule has 4 saturated carbocycles. The van der Waals surface area contributed by atoms with Gasteiger partial charge in [-0.2, -0.15) is 0 Å². The van der Waals surface area contributed by atoms with Crippen LogP contribution in [-0.2, 0) is 9.53 Å². The Morgan fingerprint density at radius 1 is 1.12 bits per heavy atom. The fourth-order valence-electron chi connectivity index (χ4n) is 8.60. The number of carbonyl (C=O) groups is 1. The monoisotopic (exact) mass is 462 g/mol. The van der Waals surface area contributed by atoms with E-state index in [-0.39, 0.29) is 45.7 Å². The molecule has 32 heavy (non-hydrogen) atoms. The van der Waals surface area contributed by atoms with Gasteiger partial charge in [-0.25, -0.2) is 4.79 Å². The fraction of sp³-hybridized carbons (Fsp3) is 0.769. The van der Waals surface area contributed by atoms with Crippen molar-refractivity contribution in [1.29, 1.82) is 0 Å². The van der Waals surface area contributed by atoms with Gasteiger partial charge in [0.1, 0.15) is 6.10 Å². The fourth-order valence-corrected chi connectivity index (χ4v) is 9.19. The van der Waals surface area contributed by atoms with Crippen molar-refractivity contribution in [2.75, 3.05) is 0 Å². The summed E-state index contributed by atoms with van der Waals surface area (Å²) in [6.45, 7) is 6.11. The number of hydrogen-bond donors (Lipinski definition) is 1. The van der Waals surface area contributed by atoms with E-state index >= 15 is 0 Å². The third-order valence-electron chi connectivity index (χ3n) is 10.2. The molecule has 0 radical (unpaired) electrons. The summed E-state index contributed by atoms with van der Waals surface area (Å²) in [6, 6.07) is 3.32. The Morgan fingerprint density at radius 3 is 2.59 bits per heavy atom. The van der Waals surface area contributed by atoms with Crippen molar-refractivity contribution in [3.63, 3.8) is 0 Å². The van der Waals surface area contributed by atoms with E-state index in [1.54, 1.807) is 6.26 Å². The Kier molecular flexibility index (Phi) is 5.33. The summed E-state index contributed by atoms with van der Waals surface area (Å²) in [6.07, 6.45) is 9.15. The first-order valence-corrected chi connectivity index (χ1v) is 12.7. The highest BCUT2D eigenvalue weighted by Crippen LogP contribution is 2.71. The molecule has 9 atom stereocenters. The van der Waals surface area contributed by atoms with Gasteiger partial charge in [0.15, 0.2) is 0 Å². The van der Waals surface area contributed by atoms with Crippen LogP contribution in [0.3, 0.4) is 0 Å². The highest BCUT2D eigenvalue weighted by molar-refractivity contribution is 6.21. The number of esters is 1. The molecule has 0 aliphatic heterocycles. The molecule has 0 saturated heterocycles. The number of carbonyl (C=O) groups excluding carboxylic acids is 1. The molecule has 1 aromatic heterocycles. The van der Waals surface area contributed by atoms with Crippen LogP contribution in [0.5, 0.6) is 0 Å². The van der Waals surface area contributed by atoms with E-state index in [4.69, 9.17) is 20.8 Å². The molecule has 4 aliphatic carbocycles. The molecular weight excluding hydrogens is 428 g/mol. The maximum Gasteiger partial charge on any atom is 0.335 e. The maximum atomic E-state index is 12.4. The Labute approximate surface area is 194 Å². The van der Waals surface area contributed by atoms with Crippen molar-refractivity contribution in [3.05, 3.63) is 34.4 Å². The third-order valence-corrected chi connectivity index (χ3v) is 10.8. The van der Waals surface area contributed by atoms with Gasteiger partial charge in [-0.05, 0) is 92.1 Å². The summed E-state index contributed by atoms with van der Waals surface area (Å²) in [4.78, 5) is 23.0. The molecule has 1 aromatic rings. The van der Waals surface area contributed by atoms with Crippen molar-refractivity contribution < 1.29 is 19.1 Å². The molecule has 4 fully saturated rings. The molecule has 1 N–H and O–H groups in total. The van der Waals surface area contributed by atoms with Gasteiger partial charge in [-0.3, -0.25) is 4.79 Å². The topological polar surface area (TPSA) is 76.7 Å². The zero-order valence-electron chi connectivity index (χ0n) is 19.3. The van der Waals surface area contributed by atoms with E-state index in [1.165, 1.54) is 13.0 Å². The van der Waals surface area contributed by atoms with Crippen molar-refractivity contribution in [2.24, 2.45) is 28.6 Å². The van der Waals surface area contributed by atoms with Crippen LogP contribution in [0.15, 0.2) is 27.6 Å². The van der Waals surface area contributed by atoms with E-state index < -0.39 is 5.60 Å². The van der Waals surface area contributed by atoms with E-state index in [9.17, 15) is 14.7 Å². The smallest absolute Gasteiger partial charge is 0.335 e. The minimum absolute atomic E-state index is 0.0310. The minimum Gasteiger partial charge on any atom is -0.463 e. The first kappa shape index (κ1) is 22.5.